The van der Waals surface area contributed by atoms with E-state index in [9.17, 15) is 4.21 Å². The van der Waals surface area contributed by atoms with E-state index < -0.39 is 10.0 Å². The highest BCUT2D eigenvalue weighted by molar-refractivity contribution is 9.14. The van der Waals surface area contributed by atoms with Gasteiger partial charge in [-0.3, -0.25) is 0 Å². The fraction of sp³-hybridized carbons (Fsp3) is 0.200. The highest BCUT2D eigenvalue weighted by Crippen LogP contribution is 2.44. The van der Waals surface area contributed by atoms with Crippen LogP contribution in [-0.2, 0) is 10.0 Å². The molecule has 0 aliphatic carbocycles. The number of hydrogen-bond donors (Lipinski definition) is 0. The summed E-state index contributed by atoms with van der Waals surface area (Å²) in [4.78, 5) is 1.72. The molecule has 1 unspecified atom stereocenters. The van der Waals surface area contributed by atoms with E-state index in [4.69, 9.17) is 10.7 Å². The fourth-order valence-electron chi connectivity index (χ4n) is 0.588. The van der Waals surface area contributed by atoms with Crippen LogP contribution < -0.4 is 0 Å². The van der Waals surface area contributed by atoms with Crippen molar-refractivity contribution in [3.63, 3.8) is 0 Å². The minimum Gasteiger partial charge on any atom is -0.238 e. The molecule has 10 heavy (non-hydrogen) atoms. The van der Waals surface area contributed by atoms with Crippen molar-refractivity contribution in [1.82, 2.24) is 0 Å². The Hall–Kier alpha value is 0.750. The lowest BCUT2D eigenvalue weighted by atomic mass is 10.4. The van der Waals surface area contributed by atoms with Crippen LogP contribution in [0, 0.1) is 0 Å². The first-order chi connectivity index (χ1) is 4.61. The lowest BCUT2D eigenvalue weighted by Crippen LogP contribution is -1.81. The van der Waals surface area contributed by atoms with Crippen LogP contribution in [0.3, 0.4) is 0 Å². The molecular formula is C5H4BrClOS2. The van der Waals surface area contributed by atoms with Gasteiger partial charge < -0.3 is 0 Å². The largest absolute Gasteiger partial charge is 0.238 e. The second-order valence-electron chi connectivity index (χ2n) is 1.74. The van der Waals surface area contributed by atoms with E-state index in [1.54, 1.807) is 0 Å². The molecule has 0 amide bonds. The van der Waals surface area contributed by atoms with Crippen LogP contribution in [-0.4, -0.2) is 4.21 Å². The molecule has 1 aliphatic rings. The van der Waals surface area contributed by atoms with Gasteiger partial charge in [-0.1, -0.05) is 18.3 Å². The predicted octanol–water partition coefficient (Wildman–Crippen LogP) is 3.10. The molecule has 1 heterocycles. The van der Waals surface area contributed by atoms with Crippen molar-refractivity contribution in [3.05, 3.63) is 20.2 Å². The Morgan fingerprint density at radius 1 is 1.80 bits per heavy atom. The molecule has 5 heteroatoms. The molecule has 1 atom stereocenters. The Balaban J connectivity index is 2.86. The topological polar surface area (TPSA) is 17.1 Å². The molecule has 0 radical (unpaired) electrons. The summed E-state index contributed by atoms with van der Waals surface area (Å²) in [6, 6.07) is 0. The van der Waals surface area contributed by atoms with Crippen molar-refractivity contribution in [2.75, 3.05) is 0 Å². The van der Waals surface area contributed by atoms with E-state index in [-0.39, 0.29) is 0 Å². The first kappa shape index (κ1) is 8.84. The number of halogens is 2. The van der Waals surface area contributed by atoms with E-state index in [2.05, 4.69) is 22.5 Å². The van der Waals surface area contributed by atoms with E-state index in [0.717, 1.165) is 13.6 Å². The molecule has 0 aromatic carbocycles. The summed E-state index contributed by atoms with van der Waals surface area (Å²) in [5, 5.41) is 0. The quantitative estimate of drug-likeness (QED) is 0.673. The molecule has 1 rings (SSSR count). The third-order valence-corrected chi connectivity index (χ3v) is 4.51. The standard InChI is InChI=1S/C5H4BrClOS2/c1-3-2-4(10(7)8)5(6)9-3/h1-2H2. The maximum absolute atomic E-state index is 10.7. The predicted molar refractivity (Wildman–Crippen MR) is 51.3 cm³/mol. The number of thioether (sulfide) groups is 1. The number of allylic oxidation sites excluding steroid dienone is 2. The van der Waals surface area contributed by atoms with Crippen molar-refractivity contribution < 1.29 is 4.21 Å². The summed E-state index contributed by atoms with van der Waals surface area (Å²) >= 11 is 4.73. The second-order valence-corrected chi connectivity index (χ2v) is 6.03. The van der Waals surface area contributed by atoms with Gasteiger partial charge >= 0.3 is 0 Å². The Labute approximate surface area is 79.0 Å². The van der Waals surface area contributed by atoms with Crippen LogP contribution in [0.1, 0.15) is 6.42 Å². The first-order valence-corrected chi connectivity index (χ1v) is 6.02. The van der Waals surface area contributed by atoms with Crippen molar-refractivity contribution in [1.29, 1.82) is 0 Å². The smallest absolute Gasteiger partial charge is 0.145 e. The van der Waals surface area contributed by atoms with Gasteiger partial charge in [-0.05, 0) is 31.5 Å². The molecule has 0 N–H and O–H groups in total. The summed E-state index contributed by atoms with van der Waals surface area (Å²) in [7, 11) is 4.01. The Bertz CT molecular complexity index is 236. The molecule has 0 bridgehead atoms. The van der Waals surface area contributed by atoms with Gasteiger partial charge in [0.25, 0.3) is 0 Å². The zero-order valence-electron chi connectivity index (χ0n) is 4.89. The average molecular weight is 260 g/mol. The monoisotopic (exact) mass is 258 g/mol. The molecule has 0 aromatic rings. The molecule has 1 nitrogen and oxygen atoms in total. The fourth-order valence-corrected chi connectivity index (χ4v) is 4.18. The molecule has 0 spiro atoms. The first-order valence-electron chi connectivity index (χ1n) is 2.43. The minimum atomic E-state index is -1.37. The second kappa shape index (κ2) is 3.43. The summed E-state index contributed by atoms with van der Waals surface area (Å²) in [5.74, 6) is 0. The maximum Gasteiger partial charge on any atom is 0.145 e. The molecule has 0 aromatic heterocycles. The summed E-state index contributed by atoms with van der Waals surface area (Å²) < 4.78 is 11.6. The minimum absolute atomic E-state index is 0.640. The van der Waals surface area contributed by atoms with Crippen molar-refractivity contribution in [2.24, 2.45) is 0 Å². The molecule has 56 valence electrons. The van der Waals surface area contributed by atoms with Crippen LogP contribution in [0.2, 0.25) is 0 Å². The molecule has 0 saturated carbocycles. The zero-order chi connectivity index (χ0) is 7.72. The van der Waals surface area contributed by atoms with Crippen LogP contribution in [0.25, 0.3) is 0 Å². The van der Waals surface area contributed by atoms with E-state index in [0.29, 0.717) is 6.42 Å². The Kier molecular flexibility index (Phi) is 3.03. The van der Waals surface area contributed by atoms with E-state index >= 15 is 0 Å². The summed E-state index contributed by atoms with van der Waals surface area (Å²) in [6.45, 7) is 3.74. The summed E-state index contributed by atoms with van der Waals surface area (Å²) in [6.07, 6.45) is 0.640. The third-order valence-electron chi connectivity index (χ3n) is 1.00. The van der Waals surface area contributed by atoms with Crippen LogP contribution in [0.15, 0.2) is 20.2 Å². The molecule has 0 fully saturated rings. The highest BCUT2D eigenvalue weighted by atomic mass is 79.9. The third kappa shape index (κ3) is 1.87. The van der Waals surface area contributed by atoms with Crippen molar-refractivity contribution >= 4 is 48.4 Å². The van der Waals surface area contributed by atoms with Crippen LogP contribution in [0.5, 0.6) is 0 Å². The number of hydrogen-bond acceptors (Lipinski definition) is 2. The van der Waals surface area contributed by atoms with Crippen LogP contribution >= 0.6 is 38.4 Å². The van der Waals surface area contributed by atoms with Crippen molar-refractivity contribution in [2.45, 2.75) is 6.42 Å². The highest BCUT2D eigenvalue weighted by Gasteiger charge is 2.20. The normalized spacial score (nSPS) is 22.0. The van der Waals surface area contributed by atoms with Gasteiger partial charge in [-0.2, -0.15) is 0 Å². The lowest BCUT2D eigenvalue weighted by molar-refractivity contribution is 0.694. The van der Waals surface area contributed by atoms with Gasteiger partial charge in [-0.15, -0.1) is 0 Å². The summed E-state index contributed by atoms with van der Waals surface area (Å²) in [5.41, 5.74) is 0. The molecule has 1 aliphatic heterocycles. The number of rotatable bonds is 1. The molecule has 0 saturated heterocycles. The van der Waals surface area contributed by atoms with Gasteiger partial charge in [0, 0.05) is 6.42 Å². The van der Waals surface area contributed by atoms with E-state index in [1.807, 2.05) is 0 Å². The van der Waals surface area contributed by atoms with Gasteiger partial charge in [0.05, 0.1) is 8.72 Å². The van der Waals surface area contributed by atoms with Crippen molar-refractivity contribution in [3.8, 4) is 0 Å². The van der Waals surface area contributed by atoms with Gasteiger partial charge in [0.1, 0.15) is 10.0 Å². The average Bonchev–Trinajstić information content (AvgIpc) is 2.10. The lowest BCUT2D eigenvalue weighted by Gasteiger charge is -1.89. The van der Waals surface area contributed by atoms with E-state index in [1.165, 1.54) is 11.8 Å². The molecular weight excluding hydrogens is 256 g/mol. The zero-order valence-corrected chi connectivity index (χ0v) is 8.87. The van der Waals surface area contributed by atoms with Gasteiger partial charge in [0.2, 0.25) is 0 Å². The van der Waals surface area contributed by atoms with Gasteiger partial charge in [-0.25, -0.2) is 4.21 Å². The Morgan fingerprint density at radius 3 is 2.60 bits per heavy atom. The van der Waals surface area contributed by atoms with Crippen LogP contribution in [0.4, 0.5) is 0 Å². The van der Waals surface area contributed by atoms with Gasteiger partial charge in [0.15, 0.2) is 0 Å². The SMILES string of the molecule is C=C1CC(S(=O)Cl)=C(Br)S1. The maximum atomic E-state index is 10.7. The Morgan fingerprint density at radius 2 is 2.40 bits per heavy atom.